The molecule has 1 aliphatic heterocycles. The number of nitrogens with two attached hydrogens (primary N) is 1. The third-order valence-corrected chi connectivity index (χ3v) is 3.54. The normalized spacial score (nSPS) is 15.2. The third-order valence-electron chi connectivity index (χ3n) is 3.54. The summed E-state index contributed by atoms with van der Waals surface area (Å²) in [4.78, 5) is 25.7. The summed E-state index contributed by atoms with van der Waals surface area (Å²) in [5, 5.41) is 9.14. The molecular weight excluding hydrogens is 258 g/mol. The molecule has 7 nitrogen and oxygen atoms in total. The van der Waals surface area contributed by atoms with Crippen molar-refractivity contribution in [3.8, 4) is 0 Å². The fourth-order valence-corrected chi connectivity index (χ4v) is 2.41. The lowest BCUT2D eigenvalue weighted by Crippen LogP contribution is -2.37. The number of amides is 2. The van der Waals surface area contributed by atoms with E-state index < -0.39 is 0 Å². The summed E-state index contributed by atoms with van der Waals surface area (Å²) in [6.07, 6.45) is 3.66. The standard InChI is InChI=1S/C13H21N5O2/c1-9-11(12(14)17-16-9)13(20)15-6-5-10(19)18-7-3-2-4-8-18/h2-8H2,1H3,(H,15,20)(H3,14,16,17). The maximum absolute atomic E-state index is 11.9. The average molecular weight is 279 g/mol. The molecule has 0 unspecified atom stereocenters. The molecule has 1 aromatic heterocycles. The summed E-state index contributed by atoms with van der Waals surface area (Å²) in [6, 6.07) is 0. The van der Waals surface area contributed by atoms with Gasteiger partial charge in [-0.1, -0.05) is 0 Å². The largest absolute Gasteiger partial charge is 0.382 e. The lowest BCUT2D eigenvalue weighted by atomic mass is 10.1. The van der Waals surface area contributed by atoms with E-state index in [1.54, 1.807) is 6.92 Å². The smallest absolute Gasteiger partial charge is 0.256 e. The molecule has 0 bridgehead atoms. The molecule has 1 aliphatic rings. The molecular formula is C13H21N5O2. The lowest BCUT2D eigenvalue weighted by molar-refractivity contribution is -0.131. The summed E-state index contributed by atoms with van der Waals surface area (Å²) in [6.45, 7) is 3.72. The predicted molar refractivity (Wildman–Crippen MR) is 75.1 cm³/mol. The van der Waals surface area contributed by atoms with E-state index in [1.165, 1.54) is 6.42 Å². The van der Waals surface area contributed by atoms with Crippen molar-refractivity contribution in [3.63, 3.8) is 0 Å². The van der Waals surface area contributed by atoms with Gasteiger partial charge < -0.3 is 16.0 Å². The predicted octanol–water partition coefficient (Wildman–Crippen LogP) is 0.433. The molecule has 7 heteroatoms. The minimum absolute atomic E-state index is 0.0990. The van der Waals surface area contributed by atoms with Crippen molar-refractivity contribution in [2.45, 2.75) is 32.6 Å². The fraction of sp³-hybridized carbons (Fsp3) is 0.615. The maximum atomic E-state index is 11.9. The molecule has 0 saturated carbocycles. The Kier molecular flexibility index (Phi) is 4.60. The number of likely N-dealkylation sites (tertiary alicyclic amines) is 1. The van der Waals surface area contributed by atoms with Gasteiger partial charge in [0.15, 0.2) is 5.82 Å². The van der Waals surface area contributed by atoms with Gasteiger partial charge in [-0.25, -0.2) is 0 Å². The Morgan fingerprint density at radius 1 is 1.35 bits per heavy atom. The Morgan fingerprint density at radius 3 is 2.65 bits per heavy atom. The lowest BCUT2D eigenvalue weighted by Gasteiger charge is -2.26. The molecule has 2 heterocycles. The number of aryl methyl sites for hydroxylation is 1. The van der Waals surface area contributed by atoms with Crippen molar-refractivity contribution in [1.29, 1.82) is 0 Å². The maximum Gasteiger partial charge on any atom is 0.256 e. The number of aromatic nitrogens is 2. The Balaban J connectivity index is 1.78. The van der Waals surface area contributed by atoms with Crippen LogP contribution in [0.15, 0.2) is 0 Å². The van der Waals surface area contributed by atoms with E-state index in [9.17, 15) is 9.59 Å². The van der Waals surface area contributed by atoms with Crippen LogP contribution in [-0.2, 0) is 4.79 Å². The van der Waals surface area contributed by atoms with Crippen LogP contribution in [0.2, 0.25) is 0 Å². The van der Waals surface area contributed by atoms with Crippen molar-refractivity contribution in [1.82, 2.24) is 20.4 Å². The van der Waals surface area contributed by atoms with E-state index in [2.05, 4.69) is 15.5 Å². The van der Waals surface area contributed by atoms with Crippen LogP contribution in [-0.4, -0.2) is 46.5 Å². The minimum Gasteiger partial charge on any atom is -0.382 e. The number of piperidine rings is 1. The van der Waals surface area contributed by atoms with Crippen molar-refractivity contribution in [2.75, 3.05) is 25.4 Å². The fourth-order valence-electron chi connectivity index (χ4n) is 2.41. The first kappa shape index (κ1) is 14.4. The van der Waals surface area contributed by atoms with Crippen molar-refractivity contribution in [3.05, 3.63) is 11.3 Å². The Hall–Kier alpha value is -2.05. The number of nitrogens with zero attached hydrogens (tertiary/aromatic N) is 2. The van der Waals surface area contributed by atoms with Gasteiger partial charge >= 0.3 is 0 Å². The van der Waals surface area contributed by atoms with Crippen LogP contribution in [0.1, 0.15) is 41.7 Å². The molecule has 1 aromatic rings. The molecule has 110 valence electrons. The summed E-state index contributed by atoms with van der Waals surface area (Å²) in [7, 11) is 0. The number of carbonyl (C=O) groups excluding carboxylic acids is 2. The molecule has 0 aromatic carbocycles. The summed E-state index contributed by atoms with van der Waals surface area (Å²) >= 11 is 0. The van der Waals surface area contributed by atoms with E-state index in [4.69, 9.17) is 5.73 Å². The number of carbonyl (C=O) groups is 2. The first-order valence-electron chi connectivity index (χ1n) is 6.96. The first-order valence-corrected chi connectivity index (χ1v) is 6.96. The number of rotatable bonds is 4. The number of hydrogen-bond acceptors (Lipinski definition) is 4. The quantitative estimate of drug-likeness (QED) is 0.743. The average Bonchev–Trinajstić information content (AvgIpc) is 2.79. The second-order valence-electron chi connectivity index (χ2n) is 5.06. The Labute approximate surface area is 117 Å². The summed E-state index contributed by atoms with van der Waals surface area (Å²) in [5.41, 5.74) is 6.60. The van der Waals surface area contributed by atoms with Crippen LogP contribution in [0, 0.1) is 6.92 Å². The topological polar surface area (TPSA) is 104 Å². The molecule has 20 heavy (non-hydrogen) atoms. The molecule has 0 atom stereocenters. The highest BCUT2D eigenvalue weighted by molar-refractivity contribution is 5.99. The first-order chi connectivity index (χ1) is 9.59. The van der Waals surface area contributed by atoms with Crippen molar-refractivity contribution >= 4 is 17.6 Å². The molecule has 0 aliphatic carbocycles. The second kappa shape index (κ2) is 6.40. The molecule has 1 fully saturated rings. The second-order valence-corrected chi connectivity index (χ2v) is 5.06. The van der Waals surface area contributed by atoms with Crippen LogP contribution >= 0.6 is 0 Å². The highest BCUT2D eigenvalue weighted by Crippen LogP contribution is 2.12. The monoisotopic (exact) mass is 279 g/mol. The van der Waals surface area contributed by atoms with Gasteiger partial charge in [0.05, 0.1) is 0 Å². The number of anilines is 1. The van der Waals surface area contributed by atoms with Gasteiger partial charge in [0.1, 0.15) is 5.56 Å². The van der Waals surface area contributed by atoms with Gasteiger partial charge in [0, 0.05) is 31.7 Å². The van der Waals surface area contributed by atoms with E-state index in [0.29, 0.717) is 24.2 Å². The molecule has 1 saturated heterocycles. The van der Waals surface area contributed by atoms with Crippen LogP contribution < -0.4 is 11.1 Å². The number of aromatic amines is 1. The molecule has 0 spiro atoms. The number of nitrogens with one attached hydrogen (secondary N) is 2. The van der Waals surface area contributed by atoms with E-state index in [-0.39, 0.29) is 17.6 Å². The van der Waals surface area contributed by atoms with Gasteiger partial charge in [-0.2, -0.15) is 5.10 Å². The molecule has 2 amide bonds. The zero-order valence-electron chi connectivity index (χ0n) is 11.7. The van der Waals surface area contributed by atoms with Crippen LogP contribution in [0.25, 0.3) is 0 Å². The third kappa shape index (κ3) is 3.28. The molecule has 2 rings (SSSR count). The van der Waals surface area contributed by atoms with Crippen LogP contribution in [0.3, 0.4) is 0 Å². The highest BCUT2D eigenvalue weighted by atomic mass is 16.2. The summed E-state index contributed by atoms with van der Waals surface area (Å²) in [5.74, 6) is -0.00978. The highest BCUT2D eigenvalue weighted by Gasteiger charge is 2.18. The molecule has 4 N–H and O–H groups in total. The van der Waals surface area contributed by atoms with E-state index in [0.717, 1.165) is 25.9 Å². The zero-order chi connectivity index (χ0) is 14.5. The van der Waals surface area contributed by atoms with E-state index in [1.807, 2.05) is 4.90 Å². The minimum atomic E-state index is -0.291. The van der Waals surface area contributed by atoms with E-state index >= 15 is 0 Å². The number of nitrogen functional groups attached to an aromatic ring is 1. The zero-order valence-corrected chi connectivity index (χ0v) is 11.7. The van der Waals surface area contributed by atoms with Crippen molar-refractivity contribution < 1.29 is 9.59 Å². The SMILES string of the molecule is Cc1[nH]nc(N)c1C(=O)NCCC(=O)N1CCCCC1. The van der Waals surface area contributed by atoms with Crippen LogP contribution in [0.4, 0.5) is 5.82 Å². The Bertz CT molecular complexity index is 471. The number of H-pyrrole nitrogens is 1. The van der Waals surface area contributed by atoms with Gasteiger partial charge in [-0.3, -0.25) is 14.7 Å². The van der Waals surface area contributed by atoms with Crippen LogP contribution in [0.5, 0.6) is 0 Å². The number of hydrogen-bond donors (Lipinski definition) is 3. The van der Waals surface area contributed by atoms with Crippen molar-refractivity contribution in [2.24, 2.45) is 0 Å². The molecule has 0 radical (unpaired) electrons. The van der Waals surface area contributed by atoms with Gasteiger partial charge in [-0.05, 0) is 26.2 Å². The Morgan fingerprint density at radius 2 is 2.05 bits per heavy atom. The van der Waals surface area contributed by atoms with Gasteiger partial charge in [-0.15, -0.1) is 0 Å². The van der Waals surface area contributed by atoms with Gasteiger partial charge in [0.2, 0.25) is 5.91 Å². The van der Waals surface area contributed by atoms with Gasteiger partial charge in [0.25, 0.3) is 5.91 Å². The summed E-state index contributed by atoms with van der Waals surface area (Å²) < 4.78 is 0.